The molecule has 0 unspecified atom stereocenters. The van der Waals surface area contributed by atoms with E-state index in [0.29, 0.717) is 45.5 Å². The van der Waals surface area contributed by atoms with Gasteiger partial charge in [-0.3, -0.25) is 33.6 Å². The van der Waals surface area contributed by atoms with Crippen LogP contribution in [0.3, 0.4) is 0 Å². The van der Waals surface area contributed by atoms with Crippen molar-refractivity contribution in [3.8, 4) is 46.0 Å². The summed E-state index contributed by atoms with van der Waals surface area (Å²) in [5.74, 6) is 3.46. The van der Waals surface area contributed by atoms with Crippen molar-refractivity contribution in [2.45, 2.75) is 75.0 Å². The van der Waals surface area contributed by atoms with Crippen molar-refractivity contribution in [1.29, 1.82) is 0 Å². The summed E-state index contributed by atoms with van der Waals surface area (Å²) >= 11 is 4.94. The number of halogens is 2. The van der Waals surface area contributed by atoms with Gasteiger partial charge in [0.05, 0.1) is 29.6 Å². The number of ether oxygens (including phenoxy) is 4. The first kappa shape index (κ1) is 109. The normalized spacial score (nSPS) is 18.0. The number of hydrogen-bond donors (Lipinski definition) is 7. The zero-order valence-corrected chi connectivity index (χ0v) is 81.3. The fourth-order valence-electron chi connectivity index (χ4n) is 14.9. The van der Waals surface area contributed by atoms with Gasteiger partial charge in [0.2, 0.25) is 0 Å². The lowest BCUT2D eigenvalue weighted by atomic mass is 10.0. The number of likely N-dealkylation sites (N-methyl/N-ethyl adjacent to an activating group) is 7. The molecule has 0 spiro atoms. The number of benzene rings is 6. The molecule has 720 valence electrons. The summed E-state index contributed by atoms with van der Waals surface area (Å²) in [7, 11) is 13.1. The third-order valence-electron chi connectivity index (χ3n) is 23.8. The van der Waals surface area contributed by atoms with E-state index in [1.54, 1.807) is 60.7 Å². The molecule has 0 atom stereocenters. The number of nitrogens with one attached hydrogen (secondary N) is 1. The van der Waals surface area contributed by atoms with Crippen molar-refractivity contribution in [3.05, 3.63) is 155 Å². The molecule has 0 bridgehead atoms. The van der Waals surface area contributed by atoms with Gasteiger partial charge in [-0.2, -0.15) is 8.42 Å². The first-order valence-corrected chi connectivity index (χ1v) is 50.2. The molecule has 0 saturated carbocycles. The lowest BCUT2D eigenvalue weighted by Gasteiger charge is -2.32. The van der Waals surface area contributed by atoms with Crippen molar-refractivity contribution in [1.82, 2.24) is 69.0 Å². The molecule has 0 aromatic heterocycles. The van der Waals surface area contributed by atoms with Gasteiger partial charge in [-0.05, 0) is 210 Å². The summed E-state index contributed by atoms with van der Waals surface area (Å²) in [5, 5.41) is 56.9. The molecule has 7 saturated heterocycles. The van der Waals surface area contributed by atoms with E-state index in [0.717, 1.165) is 300 Å². The SMILES string of the molecule is CN1CCN(CCO)CC1.CN1CCN(CCOc2ccc(CCCCc3ccc(OCCN4CCN(C)CC4)c(OCCN4CCN(C)CC4)c3)cc2OCCN2CCN(C)CC2)CC1.CN1CCNCC1.Cc1ccc(S(=O)(=O)Cl)cc1.Cc1ccc(S(=O)(=O)OCCN2CCN(C)CC2)cc1.OCCCl.Oc1ccc(CCCCc2ccc(O)c(O)c2)cc1O. The molecule has 7 aliphatic heterocycles. The Bertz CT molecular complexity index is 4060. The fraction of sp³-hybridized carbons (Fsp3) is 0.621. The second-order valence-electron chi connectivity index (χ2n) is 34.4. The van der Waals surface area contributed by atoms with E-state index in [1.165, 1.54) is 48.5 Å². The molecule has 29 nitrogen and oxygen atoms in total. The molecule has 7 N–H and O–H groups in total. The third kappa shape index (κ3) is 44.4. The Kier molecular flexibility index (Phi) is 51.4. The van der Waals surface area contributed by atoms with E-state index in [-0.39, 0.29) is 46.0 Å². The van der Waals surface area contributed by atoms with Crippen LogP contribution in [0.5, 0.6) is 46.0 Å². The standard InChI is InChI=1S/C44H74N8O4.C16H18O4.C14H22N2O3S.C7H7ClO2S.C7H16N2O.C5H12N2.C2H5ClO/c1-45-13-21-49(22-14-45)29-33-53-41-11-9-39(37-43(41)55-35-31-51-25-17-47(3)18-26-51)7-5-6-8-40-10-12-42(54-34-30-50-23-15-46(2)16-24-50)44(38-40)56-36-32-52-27-19-48(4)20-28-52;17-13-7-5-11(9-15(13)19)3-1-2-4-12-6-8-14(18)16(20)10-12;1-13-3-5-14(6-4-13)20(17,18)19-12-11-16-9-7-15(2)8-10-16;1-6-2-4-7(5-3-6)11(8,9)10;1-8-2-4-9(5-3-8)6-7-10;1-7-4-2-6-3-5-7;3-1-2-4/h9-12,37-38H,5-8,13-36H2,1-4H3;5-10,17-20H,1-4H2;3-6H,7-12H2,1-2H3;2-5H,1H3;10H,2-7H2,1H3;6H,2-5H2,1H3;4H,1-2H2. The molecule has 33 heteroatoms. The Morgan fingerprint density at radius 1 is 0.320 bits per heavy atom. The fourth-order valence-corrected chi connectivity index (χ4v) is 16.6. The van der Waals surface area contributed by atoms with Gasteiger partial charge in [0.25, 0.3) is 19.2 Å². The number of nitrogens with zero attached hydrogens (tertiary/aromatic N) is 13. The van der Waals surface area contributed by atoms with Gasteiger partial charge in [-0.25, -0.2) is 8.42 Å². The molecule has 7 aliphatic rings. The zero-order valence-electron chi connectivity index (χ0n) is 78.1. The molecular weight excluding hydrogens is 1710 g/mol. The van der Waals surface area contributed by atoms with Crippen LogP contribution in [0.25, 0.3) is 0 Å². The Labute approximate surface area is 776 Å². The first-order valence-electron chi connectivity index (χ1n) is 45.9. The number of aryl methyl sites for hydroxylation is 6. The summed E-state index contributed by atoms with van der Waals surface area (Å²) in [6.45, 7) is 43.4. The minimum atomic E-state index is -3.63. The second-order valence-corrected chi connectivity index (χ2v) is 39.0. The number of hydrogen-bond acceptors (Lipinski definition) is 29. The summed E-state index contributed by atoms with van der Waals surface area (Å²) in [5.41, 5.74) is 6.62. The lowest BCUT2D eigenvalue weighted by molar-refractivity contribution is 0.126. The average Bonchev–Trinajstić information content (AvgIpc) is 0.847. The highest BCUT2D eigenvalue weighted by atomic mass is 35.7. The van der Waals surface area contributed by atoms with Gasteiger partial charge in [0.15, 0.2) is 46.0 Å². The molecule has 6 aromatic carbocycles. The van der Waals surface area contributed by atoms with Crippen LogP contribution < -0.4 is 24.3 Å². The Morgan fingerprint density at radius 3 is 0.859 bits per heavy atom. The van der Waals surface area contributed by atoms with Crippen LogP contribution in [-0.2, 0) is 49.0 Å². The van der Waals surface area contributed by atoms with E-state index in [4.69, 9.17) is 55.6 Å². The van der Waals surface area contributed by atoms with Gasteiger partial charge >= 0.3 is 0 Å². The van der Waals surface area contributed by atoms with Crippen LogP contribution in [-0.4, -0.2) is 435 Å². The lowest BCUT2D eigenvalue weighted by Crippen LogP contribution is -2.45. The second kappa shape index (κ2) is 60.6. The molecule has 7 heterocycles. The largest absolute Gasteiger partial charge is 0.504 e. The Morgan fingerprint density at radius 2 is 0.586 bits per heavy atom. The maximum Gasteiger partial charge on any atom is 0.297 e. The molecule has 0 aliphatic carbocycles. The topological polar surface area (TPSA) is 290 Å². The van der Waals surface area contributed by atoms with Crippen LogP contribution >= 0.6 is 22.3 Å². The molecule has 0 amide bonds. The van der Waals surface area contributed by atoms with Gasteiger partial charge in [-0.15, -0.1) is 11.6 Å². The molecular formula is C95H154Cl2N14O15S2. The molecule has 13 rings (SSSR count). The predicted molar refractivity (Wildman–Crippen MR) is 515 cm³/mol. The summed E-state index contributed by atoms with van der Waals surface area (Å²) < 4.78 is 76.2. The quantitative estimate of drug-likeness (QED) is 0.00660. The number of phenolic OH excluding ortho intramolecular Hbond substituents is 4. The monoisotopic (exact) mass is 1870 g/mol. The highest BCUT2D eigenvalue weighted by Crippen LogP contribution is 2.33. The van der Waals surface area contributed by atoms with Crippen molar-refractivity contribution >= 4 is 41.5 Å². The summed E-state index contributed by atoms with van der Waals surface area (Å²) in [6, 6.07) is 36.0. The van der Waals surface area contributed by atoms with Crippen LogP contribution in [0, 0.1) is 13.8 Å². The average molecular weight is 1870 g/mol. The number of rotatable bonds is 35. The number of aromatic hydroxyl groups is 4. The number of β-amino-alcohol motifs (C(OH)–C–C–N with tert-alkyl or cyclic N) is 1. The van der Waals surface area contributed by atoms with Crippen LogP contribution in [0.1, 0.15) is 59.1 Å². The van der Waals surface area contributed by atoms with Crippen molar-refractivity contribution in [2.24, 2.45) is 0 Å². The number of piperazine rings is 7. The number of aliphatic hydroxyl groups excluding tert-OH is 2. The number of alkyl halides is 1. The number of unbranched alkanes of at least 4 members (excludes halogenated alkanes) is 2. The zero-order chi connectivity index (χ0) is 92.5. The maximum absolute atomic E-state index is 12.0. The van der Waals surface area contributed by atoms with Gasteiger partial charge in [-0.1, -0.05) is 59.7 Å². The van der Waals surface area contributed by atoms with E-state index >= 15 is 0 Å². The first-order chi connectivity index (χ1) is 61.5. The minimum absolute atomic E-state index is 0.0849. The number of aliphatic hydroxyl groups is 2. The van der Waals surface area contributed by atoms with Gasteiger partial charge in [0.1, 0.15) is 26.4 Å². The predicted octanol–water partition coefficient (Wildman–Crippen LogP) is 7.67. The van der Waals surface area contributed by atoms with Gasteiger partial charge < -0.3 is 89.2 Å². The number of phenols is 4. The Hall–Kier alpha value is -6.48. The van der Waals surface area contributed by atoms with E-state index in [2.05, 4.69) is 155 Å². The van der Waals surface area contributed by atoms with Crippen molar-refractivity contribution in [2.75, 3.05) is 324 Å². The molecule has 7 fully saturated rings. The third-order valence-corrected chi connectivity index (χ3v) is 26.7. The molecule has 6 aromatic rings. The van der Waals surface area contributed by atoms with E-state index in [9.17, 15) is 37.3 Å². The summed E-state index contributed by atoms with van der Waals surface area (Å²) in [4.78, 5) is 31.4. The van der Waals surface area contributed by atoms with Crippen LogP contribution in [0.2, 0.25) is 0 Å². The highest BCUT2D eigenvalue weighted by molar-refractivity contribution is 8.13. The minimum Gasteiger partial charge on any atom is -0.504 e. The van der Waals surface area contributed by atoms with Crippen molar-refractivity contribution < 1.29 is 70.6 Å². The molecule has 0 radical (unpaired) electrons. The summed E-state index contributed by atoms with van der Waals surface area (Å²) in [6.07, 6.45) is 7.74. The smallest absolute Gasteiger partial charge is 0.297 e. The van der Waals surface area contributed by atoms with E-state index < -0.39 is 19.2 Å². The van der Waals surface area contributed by atoms with Gasteiger partial charge in [0, 0.05) is 239 Å². The van der Waals surface area contributed by atoms with Crippen LogP contribution in [0.15, 0.2) is 131 Å². The Balaban J connectivity index is 0.000000251. The highest BCUT2D eigenvalue weighted by Gasteiger charge is 2.23. The molecule has 128 heavy (non-hydrogen) atoms. The van der Waals surface area contributed by atoms with E-state index in [1.807, 2.05) is 13.8 Å². The maximum atomic E-state index is 12.0. The van der Waals surface area contributed by atoms with Crippen molar-refractivity contribution in [3.63, 3.8) is 0 Å². The van der Waals surface area contributed by atoms with Crippen LogP contribution in [0.4, 0.5) is 0 Å².